The van der Waals surface area contributed by atoms with E-state index in [0.29, 0.717) is 16.1 Å². The summed E-state index contributed by atoms with van der Waals surface area (Å²) in [5, 5.41) is 0.825. The Morgan fingerprint density at radius 3 is 2.11 bits per heavy atom. The van der Waals surface area contributed by atoms with Crippen molar-refractivity contribution in [2.75, 3.05) is 0 Å². The Labute approximate surface area is 124 Å². The van der Waals surface area contributed by atoms with Gasteiger partial charge < -0.3 is 0 Å². The first-order valence-corrected chi connectivity index (χ1v) is 7.03. The number of rotatable bonds is 2. The Bertz CT molecular complexity index is 562. The van der Waals surface area contributed by atoms with Crippen LogP contribution in [0.5, 0.6) is 0 Å². The fourth-order valence-electron chi connectivity index (χ4n) is 1.66. The maximum absolute atomic E-state index is 6.18. The first-order valence-electron chi connectivity index (χ1n) is 5.48. The lowest BCUT2D eigenvalue weighted by molar-refractivity contribution is 0.848. The Morgan fingerprint density at radius 2 is 1.61 bits per heavy atom. The summed E-state index contributed by atoms with van der Waals surface area (Å²) >= 11 is 15.8. The molecule has 0 saturated heterocycles. The SMILES string of the molecule is CC(C)c1c(Cl)nc(-c2ccccc2Br)nc1Cl. The lowest BCUT2D eigenvalue weighted by Crippen LogP contribution is -1.99. The van der Waals surface area contributed by atoms with Crippen molar-refractivity contribution in [2.24, 2.45) is 0 Å². The summed E-state index contributed by atoms with van der Waals surface area (Å²) in [6, 6.07) is 7.69. The highest BCUT2D eigenvalue weighted by Crippen LogP contribution is 2.33. The van der Waals surface area contributed by atoms with Crippen molar-refractivity contribution >= 4 is 39.1 Å². The van der Waals surface area contributed by atoms with Crippen LogP contribution in [0, 0.1) is 0 Å². The predicted octanol–water partition coefficient (Wildman–Crippen LogP) is 5.34. The third-order valence-corrected chi connectivity index (χ3v) is 3.81. The summed E-state index contributed by atoms with van der Waals surface area (Å²) in [4.78, 5) is 8.65. The van der Waals surface area contributed by atoms with Gasteiger partial charge in [-0.3, -0.25) is 0 Å². The standard InChI is InChI=1S/C13H11BrCl2N2/c1-7(2)10-11(15)17-13(18-12(10)16)8-5-3-4-6-9(8)14/h3-7H,1-2H3. The molecule has 0 amide bonds. The van der Waals surface area contributed by atoms with Gasteiger partial charge in [-0.2, -0.15) is 0 Å². The normalized spacial score (nSPS) is 11.0. The first-order chi connectivity index (χ1) is 8.50. The third kappa shape index (κ3) is 2.68. The minimum Gasteiger partial charge on any atom is -0.216 e. The second-order valence-corrected chi connectivity index (χ2v) is 5.75. The quantitative estimate of drug-likeness (QED) is 0.687. The van der Waals surface area contributed by atoms with Crippen molar-refractivity contribution in [1.29, 1.82) is 0 Å². The summed E-state index contributed by atoms with van der Waals surface area (Å²) in [5.41, 5.74) is 1.66. The van der Waals surface area contributed by atoms with Gasteiger partial charge in [-0.25, -0.2) is 9.97 Å². The molecule has 2 aromatic rings. The highest BCUT2D eigenvalue weighted by Gasteiger charge is 2.16. The maximum atomic E-state index is 6.18. The predicted molar refractivity (Wildman–Crippen MR) is 79.3 cm³/mol. The fraction of sp³-hybridized carbons (Fsp3) is 0.231. The number of benzene rings is 1. The largest absolute Gasteiger partial charge is 0.216 e. The smallest absolute Gasteiger partial charge is 0.163 e. The molecule has 0 aliphatic heterocycles. The van der Waals surface area contributed by atoms with Crippen LogP contribution in [0.4, 0.5) is 0 Å². The summed E-state index contributed by atoms with van der Waals surface area (Å²) in [6.07, 6.45) is 0. The number of aromatic nitrogens is 2. The Kier molecular flexibility index (Phi) is 4.25. The van der Waals surface area contributed by atoms with Crippen LogP contribution in [0.1, 0.15) is 25.3 Å². The van der Waals surface area contributed by atoms with Crippen molar-refractivity contribution in [2.45, 2.75) is 19.8 Å². The zero-order valence-corrected chi connectivity index (χ0v) is 13.0. The lowest BCUT2D eigenvalue weighted by Gasteiger charge is -2.11. The second kappa shape index (κ2) is 5.55. The summed E-state index contributed by atoms with van der Waals surface area (Å²) in [5.74, 6) is 0.722. The Morgan fingerprint density at radius 1 is 1.06 bits per heavy atom. The van der Waals surface area contributed by atoms with E-state index >= 15 is 0 Å². The summed E-state index contributed by atoms with van der Waals surface area (Å²) in [7, 11) is 0. The zero-order chi connectivity index (χ0) is 13.3. The van der Waals surface area contributed by atoms with E-state index in [1.807, 2.05) is 38.1 Å². The molecule has 0 unspecified atom stereocenters. The zero-order valence-electron chi connectivity index (χ0n) is 9.92. The Hall–Kier alpha value is -0.640. The minimum atomic E-state index is 0.193. The monoisotopic (exact) mass is 344 g/mol. The molecular weight excluding hydrogens is 335 g/mol. The molecule has 1 aromatic carbocycles. The third-order valence-electron chi connectivity index (χ3n) is 2.54. The highest BCUT2D eigenvalue weighted by atomic mass is 79.9. The molecule has 0 N–H and O–H groups in total. The molecule has 0 fully saturated rings. The van der Waals surface area contributed by atoms with Gasteiger partial charge in [0.05, 0.1) is 0 Å². The van der Waals surface area contributed by atoms with E-state index in [2.05, 4.69) is 25.9 Å². The molecule has 94 valence electrons. The van der Waals surface area contributed by atoms with Gasteiger partial charge in [0, 0.05) is 15.6 Å². The minimum absolute atomic E-state index is 0.193. The van der Waals surface area contributed by atoms with Crippen LogP contribution >= 0.6 is 39.1 Å². The van der Waals surface area contributed by atoms with Crippen LogP contribution in [-0.2, 0) is 0 Å². The molecular formula is C13H11BrCl2N2. The van der Waals surface area contributed by atoms with Crippen LogP contribution in [0.25, 0.3) is 11.4 Å². The van der Waals surface area contributed by atoms with Crippen molar-refractivity contribution in [1.82, 2.24) is 9.97 Å². The van der Waals surface area contributed by atoms with Gasteiger partial charge in [-0.15, -0.1) is 0 Å². The highest BCUT2D eigenvalue weighted by molar-refractivity contribution is 9.10. The Balaban J connectivity index is 2.59. The van der Waals surface area contributed by atoms with E-state index < -0.39 is 0 Å². The van der Waals surface area contributed by atoms with E-state index in [0.717, 1.165) is 15.6 Å². The fourth-order valence-corrected chi connectivity index (χ4v) is 2.94. The van der Waals surface area contributed by atoms with Gasteiger partial charge in [0.2, 0.25) is 0 Å². The van der Waals surface area contributed by atoms with Crippen LogP contribution < -0.4 is 0 Å². The van der Waals surface area contributed by atoms with Crippen molar-refractivity contribution in [3.63, 3.8) is 0 Å². The number of hydrogen-bond acceptors (Lipinski definition) is 2. The van der Waals surface area contributed by atoms with E-state index in [-0.39, 0.29) is 5.92 Å². The molecule has 0 bridgehead atoms. The van der Waals surface area contributed by atoms with Gasteiger partial charge in [-0.05, 0) is 12.0 Å². The molecule has 0 atom stereocenters. The van der Waals surface area contributed by atoms with Crippen LogP contribution in [0.15, 0.2) is 28.7 Å². The average Bonchev–Trinajstić information content (AvgIpc) is 2.27. The molecule has 2 nitrogen and oxygen atoms in total. The molecule has 5 heteroatoms. The van der Waals surface area contributed by atoms with Crippen molar-refractivity contribution < 1.29 is 0 Å². The van der Waals surface area contributed by atoms with E-state index in [4.69, 9.17) is 23.2 Å². The van der Waals surface area contributed by atoms with Crippen LogP contribution in [0.3, 0.4) is 0 Å². The lowest BCUT2D eigenvalue weighted by atomic mass is 10.1. The molecule has 1 heterocycles. The average molecular weight is 346 g/mol. The van der Waals surface area contributed by atoms with Crippen molar-refractivity contribution in [3.05, 3.63) is 44.6 Å². The number of halogens is 3. The van der Waals surface area contributed by atoms with E-state index in [1.165, 1.54) is 0 Å². The van der Waals surface area contributed by atoms with Gasteiger partial charge in [0.1, 0.15) is 10.3 Å². The summed E-state index contributed by atoms with van der Waals surface area (Å²) < 4.78 is 0.912. The first kappa shape index (κ1) is 13.8. The number of nitrogens with zero attached hydrogens (tertiary/aromatic N) is 2. The van der Waals surface area contributed by atoms with Crippen molar-refractivity contribution in [3.8, 4) is 11.4 Å². The summed E-state index contributed by atoms with van der Waals surface area (Å²) in [6.45, 7) is 4.02. The molecule has 18 heavy (non-hydrogen) atoms. The number of hydrogen-bond donors (Lipinski definition) is 0. The molecule has 0 aliphatic rings. The van der Waals surface area contributed by atoms with Gasteiger partial charge in [0.15, 0.2) is 5.82 Å². The van der Waals surface area contributed by atoms with Gasteiger partial charge >= 0.3 is 0 Å². The molecule has 0 aliphatic carbocycles. The molecule has 0 spiro atoms. The molecule has 1 aromatic heterocycles. The topological polar surface area (TPSA) is 25.8 Å². The molecule has 0 radical (unpaired) electrons. The van der Waals surface area contributed by atoms with Gasteiger partial charge in [0.25, 0.3) is 0 Å². The maximum Gasteiger partial charge on any atom is 0.163 e. The molecule has 0 saturated carbocycles. The molecule has 2 rings (SSSR count). The second-order valence-electron chi connectivity index (χ2n) is 4.18. The van der Waals surface area contributed by atoms with Crippen LogP contribution in [0.2, 0.25) is 10.3 Å². The van der Waals surface area contributed by atoms with Gasteiger partial charge in [-0.1, -0.05) is 71.2 Å². The van der Waals surface area contributed by atoms with E-state index in [1.54, 1.807) is 0 Å². The van der Waals surface area contributed by atoms with E-state index in [9.17, 15) is 0 Å². The van der Waals surface area contributed by atoms with Crippen LogP contribution in [-0.4, -0.2) is 9.97 Å².